The summed E-state index contributed by atoms with van der Waals surface area (Å²) in [6, 6.07) is 16.7. The molecule has 4 rings (SSSR count). The summed E-state index contributed by atoms with van der Waals surface area (Å²) in [7, 11) is 0. The van der Waals surface area contributed by atoms with Crippen LogP contribution in [0.2, 0.25) is 0 Å². The van der Waals surface area contributed by atoms with Crippen LogP contribution in [0.1, 0.15) is 16.7 Å². The molecule has 0 spiro atoms. The molecule has 3 aromatic rings. The van der Waals surface area contributed by atoms with E-state index in [9.17, 15) is 10.2 Å². The van der Waals surface area contributed by atoms with Gasteiger partial charge >= 0.3 is 0 Å². The molecular formula is C24H23N2O4S+. The van der Waals surface area contributed by atoms with E-state index in [0.717, 1.165) is 11.3 Å². The summed E-state index contributed by atoms with van der Waals surface area (Å²) in [5.41, 5.74) is 3.54. The summed E-state index contributed by atoms with van der Waals surface area (Å²) in [5, 5.41) is 24.0. The highest BCUT2D eigenvalue weighted by molar-refractivity contribution is 7.81. The van der Waals surface area contributed by atoms with E-state index < -0.39 is 0 Å². The lowest BCUT2D eigenvalue weighted by molar-refractivity contribution is -0.576. The van der Waals surface area contributed by atoms with E-state index in [1.54, 1.807) is 47.3 Å². The number of thiocarbonyl (C=S) groups is 1. The van der Waals surface area contributed by atoms with Crippen molar-refractivity contribution in [3.63, 3.8) is 0 Å². The number of aliphatic hydroxyl groups excluding tert-OH is 2. The Morgan fingerprint density at radius 2 is 1.81 bits per heavy atom. The fraction of sp³-hybridized carbons (Fsp3) is 0.167. The van der Waals surface area contributed by atoms with Gasteiger partial charge in [-0.25, -0.2) is 0 Å². The van der Waals surface area contributed by atoms with Crippen molar-refractivity contribution in [1.29, 1.82) is 0 Å². The Kier molecular flexibility index (Phi) is 6.16. The van der Waals surface area contributed by atoms with Crippen LogP contribution in [0.15, 0.2) is 67.0 Å². The summed E-state index contributed by atoms with van der Waals surface area (Å²) in [5.74, 6) is 1.18. The Labute approximate surface area is 186 Å². The first kappa shape index (κ1) is 20.8. The zero-order chi connectivity index (χ0) is 21.8. The Morgan fingerprint density at radius 1 is 1.06 bits per heavy atom. The van der Waals surface area contributed by atoms with Crippen LogP contribution in [0.5, 0.6) is 11.5 Å². The molecule has 1 aliphatic heterocycles. The molecule has 0 atom stereocenters. The van der Waals surface area contributed by atoms with E-state index in [0.29, 0.717) is 46.5 Å². The molecule has 7 heteroatoms. The molecule has 31 heavy (non-hydrogen) atoms. The molecule has 6 nitrogen and oxygen atoms in total. The van der Waals surface area contributed by atoms with Crippen LogP contribution >= 0.6 is 12.2 Å². The Balaban J connectivity index is 1.78. The minimum atomic E-state index is -0.128. The lowest BCUT2D eigenvalue weighted by Gasteiger charge is -2.19. The highest BCUT2D eigenvalue weighted by Gasteiger charge is 2.25. The number of hydrogen-bond donors (Lipinski definition) is 3. The molecule has 0 unspecified atom stereocenters. The second-order valence-corrected chi connectivity index (χ2v) is 7.56. The van der Waals surface area contributed by atoms with Crippen molar-refractivity contribution in [3.8, 4) is 11.5 Å². The summed E-state index contributed by atoms with van der Waals surface area (Å²) < 4.78 is 12.9. The predicted molar refractivity (Wildman–Crippen MR) is 123 cm³/mol. The average Bonchev–Trinajstić information content (AvgIpc) is 2.80. The van der Waals surface area contributed by atoms with E-state index >= 15 is 0 Å². The summed E-state index contributed by atoms with van der Waals surface area (Å²) in [4.78, 5) is 0.330. The fourth-order valence-corrected chi connectivity index (χ4v) is 3.58. The SMILES string of the molecule is Cc1ccc(NC(=S)/C(=C(\O)c2ccc3c(c2)OCCO3)[n+]2cccc(CO)c2)cc1. The number of ether oxygens (including phenoxy) is 2. The first-order valence-corrected chi connectivity index (χ1v) is 10.3. The molecule has 2 aromatic carbocycles. The van der Waals surface area contributed by atoms with Gasteiger partial charge in [0.15, 0.2) is 34.6 Å². The molecule has 158 valence electrons. The van der Waals surface area contributed by atoms with Crippen LogP contribution in [0, 0.1) is 6.92 Å². The van der Waals surface area contributed by atoms with E-state index in [4.69, 9.17) is 21.7 Å². The molecule has 0 amide bonds. The van der Waals surface area contributed by atoms with Crippen molar-refractivity contribution in [1.82, 2.24) is 0 Å². The van der Waals surface area contributed by atoms with Gasteiger partial charge in [-0.3, -0.25) is 0 Å². The number of pyridine rings is 1. The number of fused-ring (bicyclic) bond motifs is 1. The molecule has 0 saturated heterocycles. The van der Waals surface area contributed by atoms with Crippen LogP contribution in [-0.4, -0.2) is 28.4 Å². The Hall–Kier alpha value is -3.42. The van der Waals surface area contributed by atoms with Crippen molar-refractivity contribution in [2.24, 2.45) is 0 Å². The Bertz CT molecular complexity index is 1140. The Morgan fingerprint density at radius 3 is 2.55 bits per heavy atom. The highest BCUT2D eigenvalue weighted by Crippen LogP contribution is 2.33. The minimum absolute atomic E-state index is 0.0262. The quantitative estimate of drug-likeness (QED) is 0.245. The second kappa shape index (κ2) is 9.16. The number of hydrogen-bond acceptors (Lipinski definition) is 5. The van der Waals surface area contributed by atoms with Gasteiger partial charge in [0.05, 0.1) is 6.61 Å². The normalized spacial score (nSPS) is 13.4. The third kappa shape index (κ3) is 4.68. The number of nitrogens with zero attached hydrogens (tertiary/aromatic N) is 1. The molecule has 2 heterocycles. The molecule has 1 aromatic heterocycles. The largest absolute Gasteiger partial charge is 0.502 e. The molecule has 0 radical (unpaired) electrons. The fourth-order valence-electron chi connectivity index (χ4n) is 3.26. The summed E-state index contributed by atoms with van der Waals surface area (Å²) >= 11 is 5.68. The maximum absolute atomic E-state index is 11.3. The maximum Gasteiger partial charge on any atom is 0.288 e. The molecular weight excluding hydrogens is 412 g/mol. The van der Waals surface area contributed by atoms with Crippen LogP contribution < -0.4 is 19.4 Å². The van der Waals surface area contributed by atoms with E-state index in [1.807, 2.05) is 31.2 Å². The van der Waals surface area contributed by atoms with Crippen LogP contribution in [0.4, 0.5) is 5.69 Å². The zero-order valence-corrected chi connectivity index (χ0v) is 17.9. The maximum atomic E-state index is 11.3. The highest BCUT2D eigenvalue weighted by atomic mass is 32.1. The zero-order valence-electron chi connectivity index (χ0n) is 17.0. The molecule has 0 saturated carbocycles. The van der Waals surface area contributed by atoms with Gasteiger partial charge in [-0.1, -0.05) is 29.9 Å². The van der Waals surface area contributed by atoms with Gasteiger partial charge in [-0.2, -0.15) is 4.57 Å². The standard InChI is InChI=1S/C24H22N2O4S/c1-16-4-7-19(8-5-16)25-24(31)22(26-10-2-3-17(14-26)15-27)23(28)18-6-9-20-21(13-18)30-12-11-29-20/h2-10,13-14,27H,11-12,15H2,1H3,(H-,25,28,31)/p+1. The van der Waals surface area contributed by atoms with Crippen LogP contribution in [0.3, 0.4) is 0 Å². The number of rotatable bonds is 5. The van der Waals surface area contributed by atoms with Crippen molar-refractivity contribution >= 4 is 34.3 Å². The summed E-state index contributed by atoms with van der Waals surface area (Å²) in [6.07, 6.45) is 3.50. The van der Waals surface area contributed by atoms with Gasteiger partial charge in [0.2, 0.25) is 0 Å². The van der Waals surface area contributed by atoms with Gasteiger partial charge in [0.25, 0.3) is 5.70 Å². The number of aryl methyl sites for hydroxylation is 1. The van der Waals surface area contributed by atoms with Crippen LogP contribution in [0.25, 0.3) is 11.5 Å². The topological polar surface area (TPSA) is 74.8 Å². The monoisotopic (exact) mass is 435 g/mol. The van der Waals surface area contributed by atoms with Gasteiger partial charge < -0.3 is 25.0 Å². The second-order valence-electron chi connectivity index (χ2n) is 7.15. The van der Waals surface area contributed by atoms with E-state index in [-0.39, 0.29) is 12.4 Å². The van der Waals surface area contributed by atoms with Gasteiger partial charge in [0, 0.05) is 22.9 Å². The lowest BCUT2D eigenvalue weighted by Crippen LogP contribution is -2.39. The predicted octanol–water partition coefficient (Wildman–Crippen LogP) is 3.87. The first-order valence-electron chi connectivity index (χ1n) is 9.88. The van der Waals surface area contributed by atoms with Crippen molar-refractivity contribution in [2.45, 2.75) is 13.5 Å². The lowest BCUT2D eigenvalue weighted by atomic mass is 10.1. The number of nitrogens with one attached hydrogen (secondary N) is 1. The molecule has 1 aliphatic rings. The average molecular weight is 436 g/mol. The molecule has 0 aliphatic carbocycles. The smallest absolute Gasteiger partial charge is 0.288 e. The van der Waals surface area contributed by atoms with Gasteiger partial charge in [-0.05, 0) is 43.3 Å². The number of aliphatic hydroxyl groups is 2. The summed E-state index contributed by atoms with van der Waals surface area (Å²) in [6.45, 7) is 2.83. The van der Waals surface area contributed by atoms with Crippen molar-refractivity contribution < 1.29 is 24.3 Å². The third-order valence-corrected chi connectivity index (χ3v) is 5.16. The van der Waals surface area contributed by atoms with Gasteiger partial charge in [0.1, 0.15) is 13.2 Å². The van der Waals surface area contributed by atoms with E-state index in [2.05, 4.69) is 5.32 Å². The minimum Gasteiger partial charge on any atom is -0.502 e. The number of aromatic nitrogens is 1. The van der Waals surface area contributed by atoms with E-state index in [1.165, 1.54) is 0 Å². The molecule has 3 N–H and O–H groups in total. The first-order chi connectivity index (χ1) is 15.0. The number of benzene rings is 2. The van der Waals surface area contributed by atoms with Gasteiger partial charge in [-0.15, -0.1) is 0 Å². The van der Waals surface area contributed by atoms with Crippen LogP contribution in [-0.2, 0) is 6.61 Å². The van der Waals surface area contributed by atoms with Crippen molar-refractivity contribution in [3.05, 3.63) is 83.7 Å². The third-order valence-electron chi connectivity index (χ3n) is 4.87. The molecule has 0 bridgehead atoms. The van der Waals surface area contributed by atoms with Crippen molar-refractivity contribution in [2.75, 3.05) is 18.5 Å². The molecule has 0 fully saturated rings. The number of anilines is 1.